The molecule has 0 fully saturated rings. The normalized spacial score (nSPS) is 12.9. The number of benzene rings is 2. The molecule has 2 aromatic rings. The minimum absolute atomic E-state index is 0.750. The second-order valence-corrected chi connectivity index (χ2v) is 5.71. The highest BCUT2D eigenvalue weighted by molar-refractivity contribution is 6.01. The van der Waals surface area contributed by atoms with Crippen LogP contribution < -0.4 is 14.4 Å². The molecule has 3 nitrogen and oxygen atoms in total. The third-order valence-corrected chi connectivity index (χ3v) is 4.06. The molecule has 0 radical (unpaired) electrons. The molecule has 3 heteroatoms. The first kappa shape index (κ1) is 15.2. The summed E-state index contributed by atoms with van der Waals surface area (Å²) in [5.74, 6) is 1.50. The molecule has 3 rings (SSSR count). The van der Waals surface area contributed by atoms with Gasteiger partial charge in [-0.1, -0.05) is 18.2 Å². The Labute approximate surface area is 137 Å². The van der Waals surface area contributed by atoms with Gasteiger partial charge in [-0.2, -0.15) is 0 Å². The van der Waals surface area contributed by atoms with E-state index in [0.717, 1.165) is 17.1 Å². The van der Waals surface area contributed by atoms with Crippen LogP contribution in [0.2, 0.25) is 0 Å². The van der Waals surface area contributed by atoms with Gasteiger partial charge in [-0.3, -0.25) is 0 Å². The Morgan fingerprint density at radius 3 is 1.83 bits per heavy atom. The van der Waals surface area contributed by atoms with Crippen LogP contribution in [-0.4, -0.2) is 28.3 Å². The van der Waals surface area contributed by atoms with Crippen molar-refractivity contribution in [3.8, 4) is 11.5 Å². The fourth-order valence-electron chi connectivity index (χ4n) is 2.62. The van der Waals surface area contributed by atoms with E-state index in [0.29, 0.717) is 0 Å². The minimum atomic E-state index is 0.750. The largest absolute Gasteiger partial charge is 0.493 e. The molecule has 0 heterocycles. The van der Waals surface area contributed by atoms with E-state index in [1.165, 1.54) is 22.4 Å². The lowest BCUT2D eigenvalue weighted by atomic mass is 9.88. The summed E-state index contributed by atoms with van der Waals surface area (Å²) >= 11 is 0. The molecule has 0 saturated heterocycles. The van der Waals surface area contributed by atoms with Crippen molar-refractivity contribution in [2.45, 2.75) is 0 Å². The zero-order chi connectivity index (χ0) is 16.4. The lowest BCUT2D eigenvalue weighted by molar-refractivity contribution is 0.355. The van der Waals surface area contributed by atoms with E-state index in [9.17, 15) is 0 Å². The number of methoxy groups -OCH3 is 2. The Bertz CT molecular complexity index is 771. The lowest BCUT2D eigenvalue weighted by Crippen LogP contribution is -2.08. The molecule has 0 amide bonds. The van der Waals surface area contributed by atoms with Crippen LogP contribution in [0.5, 0.6) is 11.5 Å². The van der Waals surface area contributed by atoms with Crippen LogP contribution in [0, 0.1) is 0 Å². The van der Waals surface area contributed by atoms with Crippen LogP contribution in [0.15, 0.2) is 54.6 Å². The maximum Gasteiger partial charge on any atom is 0.161 e. The second-order valence-electron chi connectivity index (χ2n) is 5.71. The van der Waals surface area contributed by atoms with E-state index in [-0.39, 0.29) is 0 Å². The van der Waals surface area contributed by atoms with Crippen molar-refractivity contribution in [1.82, 2.24) is 0 Å². The van der Waals surface area contributed by atoms with Gasteiger partial charge < -0.3 is 14.4 Å². The van der Waals surface area contributed by atoms with Crippen LogP contribution in [0.25, 0.3) is 11.1 Å². The number of anilines is 1. The third-order valence-electron chi connectivity index (χ3n) is 4.06. The summed E-state index contributed by atoms with van der Waals surface area (Å²) in [6.45, 7) is 0. The van der Waals surface area contributed by atoms with Crippen molar-refractivity contribution in [3.05, 3.63) is 65.7 Å². The van der Waals surface area contributed by atoms with Crippen molar-refractivity contribution in [2.75, 3.05) is 33.2 Å². The quantitative estimate of drug-likeness (QED) is 0.824. The molecule has 2 aromatic carbocycles. The molecule has 118 valence electrons. The third kappa shape index (κ3) is 2.95. The van der Waals surface area contributed by atoms with Gasteiger partial charge in [0.05, 0.1) is 14.2 Å². The molecule has 0 aromatic heterocycles. The maximum atomic E-state index is 5.37. The van der Waals surface area contributed by atoms with Crippen molar-refractivity contribution >= 4 is 16.8 Å². The first-order chi connectivity index (χ1) is 11.1. The fourth-order valence-corrected chi connectivity index (χ4v) is 2.62. The second kappa shape index (κ2) is 6.21. The van der Waals surface area contributed by atoms with Gasteiger partial charge in [0.15, 0.2) is 11.5 Å². The van der Waals surface area contributed by atoms with Crippen LogP contribution in [-0.2, 0) is 0 Å². The van der Waals surface area contributed by atoms with Crippen LogP contribution in [0.1, 0.15) is 11.1 Å². The van der Waals surface area contributed by atoms with Crippen LogP contribution in [0.4, 0.5) is 5.69 Å². The zero-order valence-corrected chi connectivity index (χ0v) is 14.0. The Kier molecular flexibility index (Phi) is 4.11. The molecule has 0 spiro atoms. The summed E-state index contributed by atoms with van der Waals surface area (Å²) in [7, 11) is 7.40. The summed E-state index contributed by atoms with van der Waals surface area (Å²) in [5.41, 5.74) is 6.03. The SMILES string of the molecule is COc1ccc(C2=CC(c3ccc(N(C)C)cc3)=C2)cc1OC. The molecular weight excluding hydrogens is 286 g/mol. The minimum Gasteiger partial charge on any atom is -0.493 e. The number of nitrogens with zero attached hydrogens (tertiary/aromatic N) is 1. The summed E-state index contributed by atoms with van der Waals surface area (Å²) in [5, 5.41) is 0. The molecule has 0 N–H and O–H groups in total. The highest BCUT2D eigenvalue weighted by Crippen LogP contribution is 2.37. The number of allylic oxidation sites excluding steroid dienone is 4. The first-order valence-corrected chi connectivity index (χ1v) is 7.56. The van der Waals surface area contributed by atoms with Crippen molar-refractivity contribution in [2.24, 2.45) is 0 Å². The van der Waals surface area contributed by atoms with E-state index in [1.807, 2.05) is 26.2 Å². The van der Waals surface area contributed by atoms with E-state index in [2.05, 4.69) is 47.4 Å². The fraction of sp³-hybridized carbons (Fsp3) is 0.200. The van der Waals surface area contributed by atoms with E-state index in [1.54, 1.807) is 14.2 Å². The van der Waals surface area contributed by atoms with Crippen molar-refractivity contribution < 1.29 is 9.47 Å². The van der Waals surface area contributed by atoms with Gasteiger partial charge >= 0.3 is 0 Å². The molecule has 1 aliphatic carbocycles. The Hall–Kier alpha value is -2.68. The van der Waals surface area contributed by atoms with E-state index < -0.39 is 0 Å². The summed E-state index contributed by atoms with van der Waals surface area (Å²) in [4.78, 5) is 2.10. The molecule has 0 bridgehead atoms. The van der Waals surface area contributed by atoms with Gasteiger partial charge in [-0.15, -0.1) is 0 Å². The molecule has 23 heavy (non-hydrogen) atoms. The standard InChI is InChI=1S/C20H21NO2/c1-21(2)18-8-5-14(6-9-18)16-11-17(12-16)15-7-10-19(22-3)20(13-15)23-4/h5-13H,1-4H3. The van der Waals surface area contributed by atoms with Gasteiger partial charge in [0.25, 0.3) is 0 Å². The molecular formula is C20H21NO2. The zero-order valence-electron chi connectivity index (χ0n) is 14.0. The number of rotatable bonds is 5. The first-order valence-electron chi connectivity index (χ1n) is 7.56. The number of hydrogen-bond acceptors (Lipinski definition) is 3. The Morgan fingerprint density at radius 1 is 0.696 bits per heavy atom. The van der Waals surface area contributed by atoms with E-state index >= 15 is 0 Å². The lowest BCUT2D eigenvalue weighted by Gasteiger charge is -2.18. The highest BCUT2D eigenvalue weighted by Gasteiger charge is 2.14. The number of hydrogen-bond donors (Lipinski definition) is 0. The van der Waals surface area contributed by atoms with Gasteiger partial charge in [0.1, 0.15) is 0 Å². The predicted octanol–water partition coefficient (Wildman–Crippen LogP) is 4.25. The average Bonchev–Trinajstić information content (AvgIpc) is 2.53. The van der Waals surface area contributed by atoms with Gasteiger partial charge in [-0.25, -0.2) is 0 Å². The van der Waals surface area contributed by atoms with E-state index in [4.69, 9.17) is 9.47 Å². The average molecular weight is 307 g/mol. The van der Waals surface area contributed by atoms with Crippen LogP contribution >= 0.6 is 0 Å². The monoisotopic (exact) mass is 307 g/mol. The van der Waals surface area contributed by atoms with Crippen molar-refractivity contribution in [3.63, 3.8) is 0 Å². The van der Waals surface area contributed by atoms with Gasteiger partial charge in [-0.05, 0) is 58.7 Å². The Morgan fingerprint density at radius 2 is 1.26 bits per heavy atom. The topological polar surface area (TPSA) is 21.7 Å². The molecule has 1 aliphatic rings. The number of ether oxygens (including phenoxy) is 2. The smallest absolute Gasteiger partial charge is 0.161 e. The highest BCUT2D eigenvalue weighted by atomic mass is 16.5. The predicted molar refractivity (Wildman–Crippen MR) is 96.3 cm³/mol. The molecule has 0 aliphatic heterocycles. The Balaban J connectivity index is 1.78. The summed E-state index contributed by atoms with van der Waals surface area (Å²) < 4.78 is 10.6. The summed E-state index contributed by atoms with van der Waals surface area (Å²) in [6, 6.07) is 14.6. The molecule has 0 unspecified atom stereocenters. The molecule has 0 saturated carbocycles. The summed E-state index contributed by atoms with van der Waals surface area (Å²) in [6.07, 6.45) is 4.40. The molecule has 0 atom stereocenters. The van der Waals surface area contributed by atoms with Gasteiger partial charge in [0.2, 0.25) is 0 Å². The van der Waals surface area contributed by atoms with Crippen molar-refractivity contribution in [1.29, 1.82) is 0 Å². The van der Waals surface area contributed by atoms with Crippen LogP contribution in [0.3, 0.4) is 0 Å². The van der Waals surface area contributed by atoms with Gasteiger partial charge in [0, 0.05) is 19.8 Å². The maximum absolute atomic E-state index is 5.37.